The summed E-state index contributed by atoms with van der Waals surface area (Å²) in [5.74, 6) is 0.715. The Kier molecular flexibility index (Phi) is 6.29. The average Bonchev–Trinajstić information content (AvgIpc) is 3.14. The van der Waals surface area contributed by atoms with Crippen molar-refractivity contribution in [2.24, 2.45) is 0 Å². The van der Waals surface area contributed by atoms with Gasteiger partial charge in [-0.15, -0.1) is 0 Å². The largest absolute Gasteiger partial charge is 0.491 e. The first kappa shape index (κ1) is 18.5. The van der Waals surface area contributed by atoms with E-state index in [9.17, 15) is 4.79 Å². The molecule has 0 atom stereocenters. The molecule has 1 aliphatic heterocycles. The molecule has 2 aromatic rings. The van der Waals surface area contributed by atoms with Gasteiger partial charge in [-0.2, -0.15) is 0 Å². The molecule has 4 nitrogen and oxygen atoms in total. The number of rotatable bonds is 7. The lowest BCUT2D eigenvalue weighted by Gasteiger charge is -2.14. The van der Waals surface area contributed by atoms with E-state index in [1.54, 1.807) is 12.1 Å². The number of carbonyl (C=O) groups is 1. The van der Waals surface area contributed by atoms with E-state index < -0.39 is 0 Å². The average molecular weight is 352 g/mol. The lowest BCUT2D eigenvalue weighted by molar-refractivity contribution is 0.0951. The van der Waals surface area contributed by atoms with Crippen LogP contribution in [0.25, 0.3) is 0 Å². The quantitative estimate of drug-likeness (QED) is 0.819. The first-order valence-corrected chi connectivity index (χ1v) is 9.45. The molecule has 1 aliphatic rings. The van der Waals surface area contributed by atoms with Gasteiger partial charge in [0.2, 0.25) is 0 Å². The summed E-state index contributed by atoms with van der Waals surface area (Å²) < 4.78 is 5.60. The SMILES string of the molecule is CC(C)Oc1ccc(C(=O)NCc2ccc(CN3CCCC3)cc2)cc1. The molecule has 1 fully saturated rings. The molecule has 0 aromatic heterocycles. The Labute approximate surface area is 156 Å². The molecular weight excluding hydrogens is 324 g/mol. The molecule has 0 spiro atoms. The van der Waals surface area contributed by atoms with Crippen LogP contribution in [-0.4, -0.2) is 30.0 Å². The fraction of sp³-hybridized carbons (Fsp3) is 0.409. The molecule has 26 heavy (non-hydrogen) atoms. The molecule has 0 radical (unpaired) electrons. The lowest BCUT2D eigenvalue weighted by Crippen LogP contribution is -2.22. The highest BCUT2D eigenvalue weighted by atomic mass is 16.5. The summed E-state index contributed by atoms with van der Waals surface area (Å²) in [6.07, 6.45) is 2.76. The van der Waals surface area contributed by atoms with E-state index in [1.807, 2.05) is 26.0 Å². The second-order valence-electron chi connectivity index (χ2n) is 7.17. The van der Waals surface area contributed by atoms with E-state index in [0.29, 0.717) is 12.1 Å². The molecule has 0 bridgehead atoms. The van der Waals surface area contributed by atoms with Crippen molar-refractivity contribution in [2.75, 3.05) is 13.1 Å². The van der Waals surface area contributed by atoms with Crippen LogP contribution in [0.3, 0.4) is 0 Å². The monoisotopic (exact) mass is 352 g/mol. The second kappa shape index (κ2) is 8.86. The summed E-state index contributed by atoms with van der Waals surface area (Å²) in [6.45, 7) is 7.94. The number of nitrogens with one attached hydrogen (secondary N) is 1. The van der Waals surface area contributed by atoms with Gasteiger partial charge in [-0.25, -0.2) is 0 Å². The Morgan fingerprint density at radius 3 is 2.23 bits per heavy atom. The van der Waals surface area contributed by atoms with Crippen LogP contribution in [0.5, 0.6) is 5.75 Å². The number of carbonyl (C=O) groups excluding carboxylic acids is 1. The van der Waals surface area contributed by atoms with Crippen molar-refractivity contribution >= 4 is 5.91 Å². The number of amides is 1. The molecular formula is C22H28N2O2. The molecule has 1 N–H and O–H groups in total. The van der Waals surface area contributed by atoms with Crippen molar-refractivity contribution in [1.82, 2.24) is 10.2 Å². The molecule has 138 valence electrons. The van der Waals surface area contributed by atoms with Crippen molar-refractivity contribution in [3.05, 3.63) is 65.2 Å². The van der Waals surface area contributed by atoms with E-state index in [1.165, 1.54) is 31.5 Å². The van der Waals surface area contributed by atoms with Gasteiger partial charge in [-0.1, -0.05) is 24.3 Å². The van der Waals surface area contributed by atoms with Crippen LogP contribution >= 0.6 is 0 Å². The number of nitrogens with zero attached hydrogens (tertiary/aromatic N) is 1. The summed E-state index contributed by atoms with van der Waals surface area (Å²) in [5, 5.41) is 2.98. The van der Waals surface area contributed by atoms with Crippen LogP contribution in [0.2, 0.25) is 0 Å². The Balaban J connectivity index is 1.49. The smallest absolute Gasteiger partial charge is 0.251 e. The molecule has 4 heteroatoms. The number of ether oxygens (including phenoxy) is 1. The Hall–Kier alpha value is -2.33. The zero-order valence-corrected chi connectivity index (χ0v) is 15.7. The van der Waals surface area contributed by atoms with Crippen LogP contribution in [0.1, 0.15) is 48.2 Å². The van der Waals surface area contributed by atoms with E-state index in [-0.39, 0.29) is 12.0 Å². The van der Waals surface area contributed by atoms with E-state index >= 15 is 0 Å². The summed E-state index contributed by atoms with van der Waals surface area (Å²) in [5.41, 5.74) is 3.10. The Morgan fingerprint density at radius 2 is 1.62 bits per heavy atom. The first-order valence-electron chi connectivity index (χ1n) is 9.45. The topological polar surface area (TPSA) is 41.6 Å². The van der Waals surface area contributed by atoms with Gasteiger partial charge in [0.05, 0.1) is 6.10 Å². The van der Waals surface area contributed by atoms with Crippen LogP contribution in [0, 0.1) is 0 Å². The molecule has 0 aliphatic carbocycles. The van der Waals surface area contributed by atoms with Gasteiger partial charge in [0, 0.05) is 18.7 Å². The molecule has 0 unspecified atom stereocenters. The molecule has 2 aromatic carbocycles. The van der Waals surface area contributed by atoms with Crippen LogP contribution in [0.15, 0.2) is 48.5 Å². The summed E-state index contributed by atoms with van der Waals surface area (Å²) in [7, 11) is 0. The van der Waals surface area contributed by atoms with Gasteiger partial charge < -0.3 is 10.1 Å². The zero-order chi connectivity index (χ0) is 18.4. The fourth-order valence-electron chi connectivity index (χ4n) is 3.20. The van der Waals surface area contributed by atoms with Crippen molar-refractivity contribution in [2.45, 2.75) is 45.9 Å². The number of hydrogen-bond donors (Lipinski definition) is 1. The molecule has 1 heterocycles. The van der Waals surface area contributed by atoms with Crippen molar-refractivity contribution < 1.29 is 9.53 Å². The minimum atomic E-state index is -0.0674. The highest BCUT2D eigenvalue weighted by Gasteiger charge is 2.11. The number of hydrogen-bond acceptors (Lipinski definition) is 3. The highest BCUT2D eigenvalue weighted by Crippen LogP contribution is 2.15. The van der Waals surface area contributed by atoms with Gasteiger partial charge >= 0.3 is 0 Å². The van der Waals surface area contributed by atoms with Crippen molar-refractivity contribution in [3.63, 3.8) is 0 Å². The van der Waals surface area contributed by atoms with Crippen molar-refractivity contribution in [3.8, 4) is 5.75 Å². The minimum Gasteiger partial charge on any atom is -0.491 e. The number of benzene rings is 2. The summed E-state index contributed by atoms with van der Waals surface area (Å²) in [4.78, 5) is 14.8. The number of likely N-dealkylation sites (tertiary alicyclic amines) is 1. The minimum absolute atomic E-state index is 0.0674. The standard InChI is InChI=1S/C22H28N2O2/c1-17(2)26-21-11-9-20(10-12-21)22(25)23-15-18-5-7-19(8-6-18)16-24-13-3-4-14-24/h5-12,17H,3-4,13-16H2,1-2H3,(H,23,25). The zero-order valence-electron chi connectivity index (χ0n) is 15.7. The third kappa shape index (κ3) is 5.33. The maximum atomic E-state index is 12.3. The van der Waals surface area contributed by atoms with E-state index in [0.717, 1.165) is 17.9 Å². The summed E-state index contributed by atoms with van der Waals surface area (Å²) in [6, 6.07) is 15.8. The van der Waals surface area contributed by atoms with Crippen LogP contribution < -0.4 is 10.1 Å². The van der Waals surface area contributed by atoms with Crippen LogP contribution in [-0.2, 0) is 13.1 Å². The molecule has 1 saturated heterocycles. The summed E-state index contributed by atoms with van der Waals surface area (Å²) >= 11 is 0. The Bertz CT molecular complexity index is 702. The third-order valence-corrected chi connectivity index (χ3v) is 4.57. The van der Waals surface area contributed by atoms with E-state index in [2.05, 4.69) is 34.5 Å². The van der Waals surface area contributed by atoms with Gasteiger partial charge in [-0.3, -0.25) is 9.69 Å². The lowest BCUT2D eigenvalue weighted by atomic mass is 10.1. The Morgan fingerprint density at radius 1 is 1.00 bits per heavy atom. The molecule has 3 rings (SSSR count). The van der Waals surface area contributed by atoms with Gasteiger partial charge in [0.25, 0.3) is 5.91 Å². The fourth-order valence-corrected chi connectivity index (χ4v) is 3.20. The molecule has 0 saturated carbocycles. The van der Waals surface area contributed by atoms with Gasteiger partial charge in [0.15, 0.2) is 0 Å². The van der Waals surface area contributed by atoms with E-state index in [4.69, 9.17) is 4.74 Å². The second-order valence-corrected chi connectivity index (χ2v) is 7.17. The predicted octanol–water partition coefficient (Wildman–Crippen LogP) is 4.00. The molecule has 1 amide bonds. The maximum Gasteiger partial charge on any atom is 0.251 e. The maximum absolute atomic E-state index is 12.3. The third-order valence-electron chi connectivity index (χ3n) is 4.57. The highest BCUT2D eigenvalue weighted by molar-refractivity contribution is 5.94. The van der Waals surface area contributed by atoms with Crippen LogP contribution in [0.4, 0.5) is 0 Å². The predicted molar refractivity (Wildman–Crippen MR) is 104 cm³/mol. The normalized spacial score (nSPS) is 14.6. The van der Waals surface area contributed by atoms with Gasteiger partial charge in [0.1, 0.15) is 5.75 Å². The van der Waals surface area contributed by atoms with Gasteiger partial charge in [-0.05, 0) is 75.2 Å². The first-order chi connectivity index (χ1) is 12.6. The van der Waals surface area contributed by atoms with Crippen molar-refractivity contribution in [1.29, 1.82) is 0 Å².